The van der Waals surface area contributed by atoms with Crippen molar-refractivity contribution in [2.75, 3.05) is 13.7 Å². The van der Waals surface area contributed by atoms with Crippen LogP contribution in [0.1, 0.15) is 18.9 Å². The van der Waals surface area contributed by atoms with Crippen molar-refractivity contribution in [1.29, 1.82) is 0 Å². The number of methoxy groups -OCH3 is 1. The van der Waals surface area contributed by atoms with Crippen molar-refractivity contribution in [3.05, 3.63) is 26.2 Å². The van der Waals surface area contributed by atoms with E-state index in [1.165, 1.54) is 0 Å². The van der Waals surface area contributed by atoms with Gasteiger partial charge in [-0.1, -0.05) is 6.92 Å². The number of hydrogen-bond donors (Lipinski definition) is 1. The summed E-state index contributed by atoms with van der Waals surface area (Å²) >= 11 is 3.05. The van der Waals surface area contributed by atoms with Gasteiger partial charge >= 0.3 is 0 Å². The van der Waals surface area contributed by atoms with Crippen molar-refractivity contribution >= 4 is 51.6 Å². The molecule has 0 unspecified atom stereocenters. The van der Waals surface area contributed by atoms with Gasteiger partial charge in [0.25, 0.3) is 11.1 Å². The molecule has 1 N–H and O–H groups in total. The summed E-state index contributed by atoms with van der Waals surface area (Å²) in [6, 6.07) is 3.68. The van der Waals surface area contributed by atoms with Crippen LogP contribution in [0.15, 0.2) is 17.0 Å². The molecule has 1 aliphatic rings. The Morgan fingerprint density at radius 2 is 2.14 bits per heavy atom. The van der Waals surface area contributed by atoms with Gasteiger partial charge in [-0.25, -0.2) is 0 Å². The Bertz CT molecular complexity index is 615. The molecule has 1 fully saturated rings. The van der Waals surface area contributed by atoms with Gasteiger partial charge in [0.05, 0.1) is 22.2 Å². The van der Waals surface area contributed by atoms with Gasteiger partial charge in [0.2, 0.25) is 0 Å². The van der Waals surface area contributed by atoms with Crippen LogP contribution in [0.4, 0.5) is 4.79 Å². The zero-order chi connectivity index (χ0) is 15.4. The summed E-state index contributed by atoms with van der Waals surface area (Å²) in [6.07, 6.45) is 2.57. The van der Waals surface area contributed by atoms with Crippen molar-refractivity contribution in [3.8, 4) is 11.5 Å². The fourth-order valence-electron chi connectivity index (χ4n) is 1.74. The first-order chi connectivity index (χ1) is 10.0. The predicted molar refractivity (Wildman–Crippen MR) is 90.6 cm³/mol. The molecule has 21 heavy (non-hydrogen) atoms. The lowest BCUT2D eigenvalue weighted by Crippen LogP contribution is -2.17. The Hall–Kier alpha value is -1.22. The van der Waals surface area contributed by atoms with Crippen LogP contribution in [0.2, 0.25) is 0 Å². The number of rotatable bonds is 5. The maximum Gasteiger partial charge on any atom is 0.290 e. The van der Waals surface area contributed by atoms with Crippen molar-refractivity contribution in [1.82, 2.24) is 5.32 Å². The van der Waals surface area contributed by atoms with Gasteiger partial charge in [0.15, 0.2) is 11.5 Å². The fourth-order valence-corrected chi connectivity index (χ4v) is 3.20. The van der Waals surface area contributed by atoms with Crippen LogP contribution in [-0.4, -0.2) is 24.9 Å². The molecule has 2 rings (SSSR count). The summed E-state index contributed by atoms with van der Waals surface area (Å²) in [5, 5.41) is 1.88. The number of imide groups is 1. The van der Waals surface area contributed by atoms with E-state index in [1.807, 2.05) is 13.0 Å². The second kappa shape index (κ2) is 7.17. The lowest BCUT2D eigenvalue weighted by atomic mass is 10.2. The fraction of sp³-hybridized carbons (Fsp3) is 0.286. The minimum Gasteiger partial charge on any atom is -0.493 e. The van der Waals surface area contributed by atoms with Crippen LogP contribution < -0.4 is 14.8 Å². The van der Waals surface area contributed by atoms with Gasteiger partial charge < -0.3 is 9.47 Å². The highest BCUT2D eigenvalue weighted by Crippen LogP contribution is 2.35. The highest BCUT2D eigenvalue weighted by atomic mass is 127. The Morgan fingerprint density at radius 1 is 1.38 bits per heavy atom. The van der Waals surface area contributed by atoms with E-state index >= 15 is 0 Å². The number of carbonyl (C=O) groups is 2. The van der Waals surface area contributed by atoms with Crippen LogP contribution in [-0.2, 0) is 4.79 Å². The average molecular weight is 419 g/mol. The summed E-state index contributed by atoms with van der Waals surface area (Å²) in [7, 11) is 1.57. The van der Waals surface area contributed by atoms with Crippen LogP contribution in [0, 0.1) is 3.57 Å². The maximum absolute atomic E-state index is 11.6. The lowest BCUT2D eigenvalue weighted by Gasteiger charge is -2.13. The number of thioether (sulfide) groups is 1. The standard InChI is InChI=1S/C14H14INO4S/c1-3-4-20-12-9(15)5-8(6-10(12)19-2)7-11-13(17)16-14(18)21-11/h5-7H,3-4H2,1-2H3,(H,16,17,18)/b11-7-. The van der Waals surface area contributed by atoms with Crippen molar-refractivity contribution in [3.63, 3.8) is 0 Å². The quantitative estimate of drug-likeness (QED) is 0.586. The largest absolute Gasteiger partial charge is 0.493 e. The molecule has 0 aliphatic carbocycles. The first-order valence-corrected chi connectivity index (χ1v) is 8.20. The summed E-state index contributed by atoms with van der Waals surface area (Å²) < 4.78 is 11.9. The Balaban J connectivity index is 2.34. The monoisotopic (exact) mass is 419 g/mol. The summed E-state index contributed by atoms with van der Waals surface area (Å²) in [5.41, 5.74) is 0.785. The van der Waals surface area contributed by atoms with Gasteiger partial charge in [-0.3, -0.25) is 14.9 Å². The highest BCUT2D eigenvalue weighted by Gasteiger charge is 2.25. The minimum absolute atomic E-state index is 0.351. The van der Waals surface area contributed by atoms with E-state index in [0.717, 1.165) is 27.3 Å². The maximum atomic E-state index is 11.6. The van der Waals surface area contributed by atoms with E-state index in [9.17, 15) is 9.59 Å². The SMILES string of the molecule is CCCOc1c(I)cc(/C=C2\SC(=O)NC2=O)cc1OC. The van der Waals surface area contributed by atoms with Crippen LogP contribution in [0.5, 0.6) is 11.5 Å². The molecule has 1 heterocycles. The number of halogens is 1. The lowest BCUT2D eigenvalue weighted by molar-refractivity contribution is -0.115. The molecule has 0 aromatic heterocycles. The Kier molecular flexibility index (Phi) is 5.51. The molecule has 0 spiro atoms. The van der Waals surface area contributed by atoms with Gasteiger partial charge in [0, 0.05) is 0 Å². The van der Waals surface area contributed by atoms with Crippen molar-refractivity contribution in [2.24, 2.45) is 0 Å². The molecular weight excluding hydrogens is 405 g/mol. The van der Waals surface area contributed by atoms with E-state index in [2.05, 4.69) is 27.9 Å². The third-order valence-corrected chi connectivity index (χ3v) is 4.25. The first-order valence-electron chi connectivity index (χ1n) is 6.30. The third kappa shape index (κ3) is 3.91. The number of benzene rings is 1. The molecule has 0 radical (unpaired) electrons. The van der Waals surface area contributed by atoms with Gasteiger partial charge in [-0.15, -0.1) is 0 Å². The van der Waals surface area contributed by atoms with E-state index in [4.69, 9.17) is 9.47 Å². The minimum atomic E-state index is -0.370. The van der Waals surface area contributed by atoms with Gasteiger partial charge in [-0.05, 0) is 64.5 Å². The number of hydrogen-bond acceptors (Lipinski definition) is 5. The van der Waals surface area contributed by atoms with Crippen LogP contribution in [0.25, 0.3) is 6.08 Å². The number of amides is 2. The predicted octanol–water partition coefficient (Wildman–Crippen LogP) is 3.41. The normalized spacial score (nSPS) is 16.2. The van der Waals surface area contributed by atoms with E-state index < -0.39 is 0 Å². The second-order valence-electron chi connectivity index (χ2n) is 4.23. The third-order valence-electron chi connectivity index (χ3n) is 2.64. The van der Waals surface area contributed by atoms with Crippen LogP contribution >= 0.6 is 34.4 Å². The van der Waals surface area contributed by atoms with Crippen molar-refractivity contribution in [2.45, 2.75) is 13.3 Å². The Labute approximate surface area is 140 Å². The Morgan fingerprint density at radius 3 is 2.71 bits per heavy atom. The number of nitrogens with one attached hydrogen (secondary N) is 1. The van der Waals surface area contributed by atoms with E-state index in [0.29, 0.717) is 23.0 Å². The first kappa shape index (κ1) is 16.2. The van der Waals surface area contributed by atoms with Crippen LogP contribution in [0.3, 0.4) is 0 Å². The molecule has 2 amide bonds. The highest BCUT2D eigenvalue weighted by molar-refractivity contribution is 14.1. The zero-order valence-corrected chi connectivity index (χ0v) is 14.5. The average Bonchev–Trinajstić information content (AvgIpc) is 2.75. The summed E-state index contributed by atoms with van der Waals surface area (Å²) in [6.45, 7) is 2.64. The molecule has 0 saturated carbocycles. The zero-order valence-electron chi connectivity index (χ0n) is 11.6. The topological polar surface area (TPSA) is 64.6 Å². The van der Waals surface area contributed by atoms with Gasteiger partial charge in [0.1, 0.15) is 0 Å². The summed E-state index contributed by atoms with van der Waals surface area (Å²) in [4.78, 5) is 23.1. The van der Waals surface area contributed by atoms with Gasteiger partial charge in [-0.2, -0.15) is 0 Å². The smallest absolute Gasteiger partial charge is 0.290 e. The van der Waals surface area contributed by atoms with Crippen molar-refractivity contribution < 1.29 is 19.1 Å². The molecule has 1 aliphatic heterocycles. The number of carbonyl (C=O) groups excluding carboxylic acids is 2. The second-order valence-corrected chi connectivity index (χ2v) is 6.41. The summed E-state index contributed by atoms with van der Waals surface area (Å²) in [5.74, 6) is 0.934. The molecule has 1 aromatic carbocycles. The molecular formula is C14H14INO4S. The molecule has 112 valence electrons. The molecule has 7 heteroatoms. The molecule has 5 nitrogen and oxygen atoms in total. The molecule has 0 bridgehead atoms. The van der Waals surface area contributed by atoms with E-state index in [-0.39, 0.29) is 11.1 Å². The number of ether oxygens (including phenoxy) is 2. The molecule has 1 aromatic rings. The van der Waals surface area contributed by atoms with E-state index in [1.54, 1.807) is 19.3 Å². The molecule has 1 saturated heterocycles. The molecule has 0 atom stereocenters.